The van der Waals surface area contributed by atoms with Gasteiger partial charge in [0.25, 0.3) is 0 Å². The average Bonchev–Trinajstić information content (AvgIpc) is 3.88. The van der Waals surface area contributed by atoms with Gasteiger partial charge >= 0.3 is 0 Å². The summed E-state index contributed by atoms with van der Waals surface area (Å²) in [4.78, 5) is 14.9. The fourth-order valence-corrected chi connectivity index (χ4v) is 9.09. The van der Waals surface area contributed by atoms with Gasteiger partial charge in [0, 0.05) is 49.6 Å². The van der Waals surface area contributed by atoms with Crippen molar-refractivity contribution in [2.24, 2.45) is 0 Å². The van der Waals surface area contributed by atoms with Gasteiger partial charge in [-0.15, -0.1) is 0 Å². The van der Waals surface area contributed by atoms with E-state index in [1.165, 1.54) is 54.8 Å². The number of rotatable bonds is 7. The van der Waals surface area contributed by atoms with Crippen LogP contribution in [-0.4, -0.2) is 24.1 Å². The highest BCUT2D eigenvalue weighted by Crippen LogP contribution is 2.43. The van der Waals surface area contributed by atoms with Gasteiger partial charge in [-0.1, -0.05) is 164 Å². The van der Waals surface area contributed by atoms with Crippen molar-refractivity contribution in [2.75, 3.05) is 0 Å². The number of hydrogen-bond donors (Lipinski definition) is 0. The number of fused-ring (bicyclic) bond motifs is 7. The molecule has 0 saturated carbocycles. The lowest BCUT2D eigenvalue weighted by atomic mass is 9.98. The zero-order chi connectivity index (χ0) is 41.0. The van der Waals surface area contributed by atoms with Crippen LogP contribution in [0.25, 0.3) is 111 Å². The van der Waals surface area contributed by atoms with Crippen molar-refractivity contribution >= 4 is 43.6 Å². The summed E-state index contributed by atoms with van der Waals surface area (Å²) < 4.78 is 4.88. The minimum atomic E-state index is 0.630. The fourth-order valence-electron chi connectivity index (χ4n) is 9.09. The Morgan fingerprint density at radius 2 is 0.694 bits per heavy atom. The second-order valence-corrected chi connectivity index (χ2v) is 15.6. The van der Waals surface area contributed by atoms with Gasteiger partial charge in [-0.25, -0.2) is 15.0 Å². The molecule has 0 radical (unpaired) electrons. The summed E-state index contributed by atoms with van der Waals surface area (Å²) >= 11 is 0. The lowest BCUT2D eigenvalue weighted by Crippen LogP contribution is -2.00. The molecule has 3 aromatic heterocycles. The van der Waals surface area contributed by atoms with Crippen LogP contribution in [0, 0.1) is 0 Å². The van der Waals surface area contributed by atoms with E-state index in [0.29, 0.717) is 17.5 Å². The van der Waals surface area contributed by atoms with Gasteiger partial charge in [0.1, 0.15) is 0 Å². The first-order valence-corrected chi connectivity index (χ1v) is 20.9. The lowest BCUT2D eigenvalue weighted by molar-refractivity contribution is 1.07. The molecule has 0 aliphatic carbocycles. The minimum Gasteiger partial charge on any atom is -0.309 e. The number of benzene rings is 9. The molecule has 0 saturated heterocycles. The molecule has 12 rings (SSSR count). The molecule has 290 valence electrons. The van der Waals surface area contributed by atoms with Crippen molar-refractivity contribution in [3.8, 4) is 67.8 Å². The molecule has 5 heteroatoms. The Hall–Kier alpha value is -8.41. The molecule has 0 fully saturated rings. The molecular formula is C57H37N5. The molecule has 0 aliphatic heterocycles. The topological polar surface area (TPSA) is 48.5 Å². The molecule has 0 bridgehead atoms. The van der Waals surface area contributed by atoms with E-state index in [9.17, 15) is 0 Å². The van der Waals surface area contributed by atoms with Crippen molar-refractivity contribution < 1.29 is 0 Å². The van der Waals surface area contributed by atoms with E-state index >= 15 is 0 Å². The molecule has 0 amide bonds. The van der Waals surface area contributed by atoms with Gasteiger partial charge in [-0.2, -0.15) is 0 Å². The number of hydrogen-bond acceptors (Lipinski definition) is 3. The average molecular weight is 792 g/mol. The second-order valence-electron chi connectivity index (χ2n) is 15.6. The first kappa shape index (κ1) is 35.5. The van der Waals surface area contributed by atoms with Crippen molar-refractivity contribution in [3.05, 3.63) is 224 Å². The van der Waals surface area contributed by atoms with Crippen LogP contribution >= 0.6 is 0 Å². The van der Waals surface area contributed by atoms with E-state index in [4.69, 9.17) is 15.0 Å². The molecule has 5 nitrogen and oxygen atoms in total. The van der Waals surface area contributed by atoms with Crippen molar-refractivity contribution in [1.29, 1.82) is 0 Å². The van der Waals surface area contributed by atoms with Crippen LogP contribution < -0.4 is 0 Å². The predicted octanol–water partition coefficient (Wildman–Crippen LogP) is 14.4. The number of para-hydroxylation sites is 2. The Bertz CT molecular complexity index is 3480. The Morgan fingerprint density at radius 3 is 1.23 bits per heavy atom. The Labute approximate surface area is 358 Å². The first-order chi connectivity index (χ1) is 30.7. The SMILES string of the molecule is c1ccc(-c2cc(-c3ccccc3)cc(-n3c4ccccc4c4ccc5c(c6ccccc6n5-c5ccc(-c6nc(-c7ccccc7)nc(-c7ccccc7)n6)cc5)c43)c2)cc1. The third-order valence-electron chi connectivity index (χ3n) is 11.9. The van der Waals surface area contributed by atoms with Crippen LogP contribution in [0.3, 0.4) is 0 Å². The van der Waals surface area contributed by atoms with Crippen molar-refractivity contribution in [1.82, 2.24) is 24.1 Å². The van der Waals surface area contributed by atoms with E-state index in [1.807, 2.05) is 60.7 Å². The van der Waals surface area contributed by atoms with E-state index < -0.39 is 0 Å². The molecule has 3 heterocycles. The summed E-state index contributed by atoms with van der Waals surface area (Å²) in [6.07, 6.45) is 0. The second kappa shape index (κ2) is 14.7. The molecule has 0 N–H and O–H groups in total. The summed E-state index contributed by atoms with van der Waals surface area (Å²) in [5, 5.41) is 4.85. The Kier molecular flexibility index (Phi) is 8.42. The fraction of sp³-hybridized carbons (Fsp3) is 0. The monoisotopic (exact) mass is 791 g/mol. The van der Waals surface area contributed by atoms with Crippen LogP contribution in [0.4, 0.5) is 0 Å². The van der Waals surface area contributed by atoms with E-state index in [2.05, 4.69) is 173 Å². The molecule has 0 aliphatic rings. The van der Waals surface area contributed by atoms with Crippen molar-refractivity contribution in [3.63, 3.8) is 0 Å². The van der Waals surface area contributed by atoms with E-state index in [0.717, 1.165) is 39.1 Å². The molecule has 0 spiro atoms. The van der Waals surface area contributed by atoms with Crippen LogP contribution in [-0.2, 0) is 0 Å². The molecular weight excluding hydrogens is 755 g/mol. The summed E-state index contributed by atoms with van der Waals surface area (Å²) in [5.41, 5.74) is 14.3. The van der Waals surface area contributed by atoms with Gasteiger partial charge in [0.2, 0.25) is 0 Å². The largest absolute Gasteiger partial charge is 0.309 e. The number of aromatic nitrogens is 5. The first-order valence-electron chi connectivity index (χ1n) is 20.9. The lowest BCUT2D eigenvalue weighted by Gasteiger charge is -2.15. The van der Waals surface area contributed by atoms with Crippen molar-refractivity contribution in [2.45, 2.75) is 0 Å². The van der Waals surface area contributed by atoms with Crippen LogP contribution in [0.15, 0.2) is 224 Å². The maximum Gasteiger partial charge on any atom is 0.164 e. The molecule has 0 unspecified atom stereocenters. The highest BCUT2D eigenvalue weighted by molar-refractivity contribution is 6.26. The quantitative estimate of drug-likeness (QED) is 0.162. The summed E-state index contributed by atoms with van der Waals surface area (Å²) in [6, 6.07) is 79.4. The molecule has 12 aromatic rings. The predicted molar refractivity (Wildman–Crippen MR) is 256 cm³/mol. The third-order valence-corrected chi connectivity index (χ3v) is 11.9. The third kappa shape index (κ3) is 5.98. The zero-order valence-electron chi connectivity index (χ0n) is 33.6. The highest BCUT2D eigenvalue weighted by Gasteiger charge is 2.22. The van der Waals surface area contributed by atoms with Gasteiger partial charge in [-0.05, 0) is 82.9 Å². The zero-order valence-corrected chi connectivity index (χ0v) is 33.6. The normalized spacial score (nSPS) is 11.5. The summed E-state index contributed by atoms with van der Waals surface area (Å²) in [5.74, 6) is 1.92. The van der Waals surface area contributed by atoms with Crippen LogP contribution in [0.1, 0.15) is 0 Å². The maximum atomic E-state index is 5.00. The minimum absolute atomic E-state index is 0.630. The smallest absolute Gasteiger partial charge is 0.164 e. The van der Waals surface area contributed by atoms with E-state index in [1.54, 1.807) is 0 Å². The van der Waals surface area contributed by atoms with Crippen LogP contribution in [0.5, 0.6) is 0 Å². The Morgan fingerprint density at radius 1 is 0.258 bits per heavy atom. The standard InChI is InChI=1S/C57H37N5/c1-5-17-38(18-6-1)43-35-44(39-19-7-2-8-20-39)37-46(36-43)62-50-27-15-13-25-47(50)48-33-34-52-53(54(48)62)49-26-14-16-28-51(49)61(52)45-31-29-42(30-32-45)57-59-55(40-21-9-3-10-22-40)58-56(60-57)41-23-11-4-12-24-41/h1-37H. The van der Waals surface area contributed by atoms with E-state index in [-0.39, 0.29) is 0 Å². The van der Waals surface area contributed by atoms with Gasteiger partial charge in [0.15, 0.2) is 17.5 Å². The summed E-state index contributed by atoms with van der Waals surface area (Å²) in [6.45, 7) is 0. The molecule has 9 aromatic carbocycles. The maximum absolute atomic E-state index is 5.00. The Balaban J connectivity index is 1.07. The number of nitrogens with zero attached hydrogens (tertiary/aromatic N) is 5. The molecule has 0 atom stereocenters. The van der Waals surface area contributed by atoms with Gasteiger partial charge in [-0.3, -0.25) is 0 Å². The summed E-state index contributed by atoms with van der Waals surface area (Å²) in [7, 11) is 0. The molecule has 62 heavy (non-hydrogen) atoms. The van der Waals surface area contributed by atoms with Gasteiger partial charge < -0.3 is 9.13 Å². The van der Waals surface area contributed by atoms with Crippen LogP contribution in [0.2, 0.25) is 0 Å². The highest BCUT2D eigenvalue weighted by atomic mass is 15.0. The van der Waals surface area contributed by atoms with Gasteiger partial charge in [0.05, 0.1) is 22.1 Å².